The van der Waals surface area contributed by atoms with Crippen molar-refractivity contribution < 1.29 is 8.42 Å². The lowest BCUT2D eigenvalue weighted by Crippen LogP contribution is -2.17. The third kappa shape index (κ3) is 3.17. The van der Waals surface area contributed by atoms with Gasteiger partial charge < -0.3 is 0 Å². The third-order valence-electron chi connectivity index (χ3n) is 3.85. The van der Waals surface area contributed by atoms with E-state index in [4.69, 9.17) is 0 Å². The van der Waals surface area contributed by atoms with Crippen LogP contribution in [-0.4, -0.2) is 8.42 Å². The van der Waals surface area contributed by atoms with Crippen LogP contribution in [0.2, 0.25) is 0 Å². The van der Waals surface area contributed by atoms with Gasteiger partial charge in [-0.15, -0.1) is 0 Å². The quantitative estimate of drug-likeness (QED) is 0.914. The van der Waals surface area contributed by atoms with Gasteiger partial charge in [-0.1, -0.05) is 42.8 Å². The fourth-order valence-electron chi connectivity index (χ4n) is 2.95. The normalized spacial score (nSPS) is 11.5. The minimum Gasteiger partial charge on any atom is -0.279 e. The molecule has 0 fully saturated rings. The number of sulfonamides is 1. The van der Waals surface area contributed by atoms with Gasteiger partial charge in [0.2, 0.25) is 0 Å². The van der Waals surface area contributed by atoms with Crippen molar-refractivity contribution in [3.05, 3.63) is 58.1 Å². The monoisotopic (exact) mass is 317 g/mol. The Balaban J connectivity index is 2.55. The van der Waals surface area contributed by atoms with E-state index in [1.165, 1.54) is 0 Å². The second-order valence-corrected chi connectivity index (χ2v) is 7.42. The van der Waals surface area contributed by atoms with Crippen LogP contribution in [0.25, 0.3) is 0 Å². The van der Waals surface area contributed by atoms with E-state index in [9.17, 15) is 8.42 Å². The molecule has 0 spiro atoms. The molecule has 0 bridgehead atoms. The number of hydrogen-bond acceptors (Lipinski definition) is 2. The first-order chi connectivity index (χ1) is 10.3. The number of benzene rings is 2. The summed E-state index contributed by atoms with van der Waals surface area (Å²) >= 11 is 0. The van der Waals surface area contributed by atoms with Gasteiger partial charge in [-0.2, -0.15) is 0 Å². The molecule has 1 N–H and O–H groups in total. The van der Waals surface area contributed by atoms with Gasteiger partial charge in [0.1, 0.15) is 0 Å². The van der Waals surface area contributed by atoms with E-state index in [2.05, 4.69) is 4.72 Å². The number of rotatable bonds is 4. The number of hydrogen-bond donors (Lipinski definition) is 1. The molecule has 3 nitrogen and oxygen atoms in total. The predicted octanol–water partition coefficient (Wildman–Crippen LogP) is 4.28. The lowest BCUT2D eigenvalue weighted by molar-refractivity contribution is 0.600. The standard InChI is InChI=1S/C18H23NO2S/c1-6-16-9-7-8-13(3)17(16)19-22(20,21)18-14(4)10-12(2)11-15(18)5/h7-11,19H,6H2,1-5H3. The molecule has 0 radical (unpaired) electrons. The van der Waals surface area contributed by atoms with E-state index < -0.39 is 10.0 Å². The van der Waals surface area contributed by atoms with E-state index in [0.717, 1.165) is 34.2 Å². The molecule has 2 aromatic rings. The van der Waals surface area contributed by atoms with Crippen molar-refractivity contribution in [2.24, 2.45) is 0 Å². The Hall–Kier alpha value is -1.81. The maximum atomic E-state index is 12.9. The van der Waals surface area contributed by atoms with Gasteiger partial charge in [-0.25, -0.2) is 8.42 Å². The second-order valence-electron chi connectivity index (χ2n) is 5.80. The fourth-order valence-corrected chi connectivity index (χ4v) is 4.57. The Labute approximate surface area is 133 Å². The van der Waals surface area contributed by atoms with Gasteiger partial charge >= 0.3 is 0 Å². The van der Waals surface area contributed by atoms with Crippen molar-refractivity contribution in [2.75, 3.05) is 4.72 Å². The summed E-state index contributed by atoms with van der Waals surface area (Å²) < 4.78 is 28.5. The van der Waals surface area contributed by atoms with Gasteiger partial charge in [0, 0.05) is 0 Å². The SMILES string of the molecule is CCc1cccc(C)c1NS(=O)(=O)c1c(C)cc(C)cc1C. The first-order valence-electron chi connectivity index (χ1n) is 7.45. The van der Waals surface area contributed by atoms with E-state index >= 15 is 0 Å². The molecule has 0 aliphatic carbocycles. The summed E-state index contributed by atoms with van der Waals surface area (Å²) in [6, 6.07) is 9.64. The van der Waals surface area contributed by atoms with Crippen LogP contribution in [0.3, 0.4) is 0 Å². The molecular formula is C18H23NO2S. The van der Waals surface area contributed by atoms with Crippen LogP contribution in [0, 0.1) is 27.7 Å². The molecule has 2 aromatic carbocycles. The average Bonchev–Trinajstić information content (AvgIpc) is 2.39. The summed E-state index contributed by atoms with van der Waals surface area (Å²) in [5.74, 6) is 0. The van der Waals surface area contributed by atoms with Crippen LogP contribution < -0.4 is 4.72 Å². The van der Waals surface area contributed by atoms with Crippen molar-refractivity contribution in [1.82, 2.24) is 0 Å². The van der Waals surface area contributed by atoms with E-state index in [1.807, 2.05) is 65.0 Å². The summed E-state index contributed by atoms with van der Waals surface area (Å²) in [6.45, 7) is 9.60. The fraction of sp³-hybridized carbons (Fsp3) is 0.333. The van der Waals surface area contributed by atoms with E-state index in [-0.39, 0.29) is 0 Å². The highest BCUT2D eigenvalue weighted by Crippen LogP contribution is 2.28. The third-order valence-corrected chi connectivity index (χ3v) is 5.50. The second kappa shape index (κ2) is 6.13. The Kier molecular flexibility index (Phi) is 4.61. The molecule has 0 atom stereocenters. The van der Waals surface area contributed by atoms with Gasteiger partial charge in [0.25, 0.3) is 10.0 Å². The Morgan fingerprint density at radius 3 is 2.09 bits per heavy atom. The highest BCUT2D eigenvalue weighted by Gasteiger charge is 2.21. The average molecular weight is 317 g/mol. The van der Waals surface area contributed by atoms with E-state index in [1.54, 1.807) is 0 Å². The van der Waals surface area contributed by atoms with Crippen molar-refractivity contribution >= 4 is 15.7 Å². The van der Waals surface area contributed by atoms with Gasteiger partial charge in [-0.05, 0) is 56.4 Å². The molecule has 0 saturated heterocycles. The number of aryl methyl sites for hydroxylation is 5. The molecule has 0 unspecified atom stereocenters. The zero-order chi connectivity index (χ0) is 16.5. The molecule has 22 heavy (non-hydrogen) atoms. The summed E-state index contributed by atoms with van der Waals surface area (Å²) in [5.41, 5.74) is 5.26. The Bertz CT molecular complexity index is 785. The first-order valence-corrected chi connectivity index (χ1v) is 8.93. The molecule has 0 aliphatic rings. The maximum Gasteiger partial charge on any atom is 0.262 e. The van der Waals surface area contributed by atoms with Gasteiger partial charge in [-0.3, -0.25) is 4.72 Å². The summed E-state index contributed by atoms with van der Waals surface area (Å²) in [6.07, 6.45) is 0.783. The summed E-state index contributed by atoms with van der Waals surface area (Å²) in [4.78, 5) is 0.378. The zero-order valence-electron chi connectivity index (χ0n) is 13.8. The molecule has 0 amide bonds. The topological polar surface area (TPSA) is 46.2 Å². The Morgan fingerprint density at radius 1 is 0.955 bits per heavy atom. The van der Waals surface area contributed by atoms with Crippen LogP contribution in [-0.2, 0) is 16.4 Å². The molecule has 0 aliphatic heterocycles. The lowest BCUT2D eigenvalue weighted by Gasteiger charge is -2.17. The molecule has 118 valence electrons. The summed E-state index contributed by atoms with van der Waals surface area (Å²) in [5, 5.41) is 0. The van der Waals surface area contributed by atoms with Crippen molar-refractivity contribution in [2.45, 2.75) is 45.9 Å². The molecule has 0 saturated carbocycles. The molecular weight excluding hydrogens is 294 g/mol. The van der Waals surface area contributed by atoms with Crippen LogP contribution in [0.1, 0.15) is 34.7 Å². The predicted molar refractivity (Wildman–Crippen MR) is 92.0 cm³/mol. The van der Waals surface area contributed by atoms with Crippen molar-refractivity contribution in [3.63, 3.8) is 0 Å². The molecule has 0 aromatic heterocycles. The Morgan fingerprint density at radius 2 is 1.55 bits per heavy atom. The number of anilines is 1. The first kappa shape index (κ1) is 16.6. The van der Waals surface area contributed by atoms with Gasteiger partial charge in [0.15, 0.2) is 0 Å². The van der Waals surface area contributed by atoms with Crippen LogP contribution in [0.5, 0.6) is 0 Å². The molecule has 0 heterocycles. The molecule has 2 rings (SSSR count). The molecule has 4 heteroatoms. The van der Waals surface area contributed by atoms with Crippen LogP contribution in [0.15, 0.2) is 35.2 Å². The summed E-state index contributed by atoms with van der Waals surface area (Å²) in [7, 11) is -3.60. The van der Waals surface area contributed by atoms with Crippen molar-refractivity contribution in [1.29, 1.82) is 0 Å². The number of para-hydroxylation sites is 1. The highest BCUT2D eigenvalue weighted by atomic mass is 32.2. The largest absolute Gasteiger partial charge is 0.279 e. The minimum absolute atomic E-state index is 0.378. The minimum atomic E-state index is -3.60. The van der Waals surface area contributed by atoms with Crippen molar-refractivity contribution in [3.8, 4) is 0 Å². The highest BCUT2D eigenvalue weighted by molar-refractivity contribution is 7.92. The van der Waals surface area contributed by atoms with Gasteiger partial charge in [0.05, 0.1) is 10.6 Å². The zero-order valence-corrected chi connectivity index (χ0v) is 14.6. The lowest BCUT2D eigenvalue weighted by atomic mass is 10.1. The smallest absolute Gasteiger partial charge is 0.262 e. The number of nitrogens with one attached hydrogen (secondary N) is 1. The van der Waals surface area contributed by atoms with E-state index in [0.29, 0.717) is 10.6 Å². The maximum absolute atomic E-state index is 12.9. The van der Waals surface area contributed by atoms with Crippen LogP contribution in [0.4, 0.5) is 5.69 Å². The van der Waals surface area contributed by atoms with Crippen LogP contribution >= 0.6 is 0 Å².